The van der Waals surface area contributed by atoms with E-state index in [0.717, 1.165) is 0 Å². The third kappa shape index (κ3) is 7.49. The quantitative estimate of drug-likeness (QED) is 0.143. The predicted molar refractivity (Wildman–Crippen MR) is 318 cm³/mol. The van der Waals surface area contributed by atoms with Crippen molar-refractivity contribution in [1.29, 1.82) is 0 Å². The zero-order valence-corrected chi connectivity index (χ0v) is 42.2. The Morgan fingerprint density at radius 2 is 0.649 bits per heavy atom. The van der Waals surface area contributed by atoms with Crippen molar-refractivity contribution in [3.05, 3.63) is 273 Å². The molecule has 2 heteroatoms. The summed E-state index contributed by atoms with van der Waals surface area (Å²) in [6.07, 6.45) is 7.30. The molecule has 0 unspecified atom stereocenters. The van der Waals surface area contributed by atoms with Gasteiger partial charge in [-0.1, -0.05) is 237 Å². The van der Waals surface area contributed by atoms with Crippen molar-refractivity contribution in [3.8, 4) is 94.7 Å². The van der Waals surface area contributed by atoms with Gasteiger partial charge in [0.1, 0.15) is 0 Å². The van der Waals surface area contributed by atoms with E-state index in [1.54, 1.807) is 0 Å². The summed E-state index contributed by atoms with van der Waals surface area (Å²) in [5.41, 5.74) is 22.2. The fourth-order valence-corrected chi connectivity index (χ4v) is 14.1. The van der Waals surface area contributed by atoms with Gasteiger partial charge in [0.25, 0.3) is 0 Å². The molecule has 0 N–H and O–H groups in total. The maximum Gasteiger partial charge on any atom is 0.0535 e. The van der Waals surface area contributed by atoms with Gasteiger partial charge in [0.2, 0.25) is 0 Å². The molecule has 0 saturated carbocycles. The minimum atomic E-state index is -1.29. The normalized spacial score (nSPS) is 13.0. The van der Waals surface area contributed by atoms with Gasteiger partial charge in [0.05, 0.1) is 5.52 Å². The highest BCUT2D eigenvalue weighted by atomic mass is 32.3. The van der Waals surface area contributed by atoms with E-state index in [9.17, 15) is 0 Å². The van der Waals surface area contributed by atoms with Crippen LogP contribution in [0.3, 0.4) is 0 Å². The number of hydrogen-bond donors (Lipinski definition) is 0. The van der Waals surface area contributed by atoms with Gasteiger partial charge >= 0.3 is 0 Å². The Labute approximate surface area is 434 Å². The lowest BCUT2D eigenvalue weighted by Crippen LogP contribution is -1.96. The van der Waals surface area contributed by atoms with Crippen LogP contribution in [0.4, 0.5) is 0 Å². The highest BCUT2D eigenvalue weighted by Crippen LogP contribution is 2.68. The lowest BCUT2D eigenvalue weighted by atomic mass is 9.94. The van der Waals surface area contributed by atoms with Crippen molar-refractivity contribution >= 4 is 42.5 Å². The highest BCUT2D eigenvalue weighted by Gasteiger charge is 2.32. The first kappa shape index (κ1) is 43.8. The second-order valence-electron chi connectivity index (χ2n) is 20.1. The van der Waals surface area contributed by atoms with Gasteiger partial charge in [-0.15, -0.1) is 0 Å². The molecule has 2 heterocycles. The Kier molecular flexibility index (Phi) is 10.5. The zero-order chi connectivity index (χ0) is 49.3. The molecule has 0 spiro atoms. The largest absolute Gasteiger partial charge is 0.316 e. The van der Waals surface area contributed by atoms with Crippen LogP contribution in [0.2, 0.25) is 0 Å². The fourth-order valence-electron chi connectivity index (χ4n) is 11.6. The molecule has 1 aliphatic heterocycles. The molecule has 0 atom stereocenters. The van der Waals surface area contributed by atoms with Gasteiger partial charge in [-0.3, -0.25) is 0 Å². The van der Waals surface area contributed by atoms with Gasteiger partial charge in [-0.2, -0.15) is 10.0 Å². The molecular weight excluding hydrogens is 911 g/mol. The van der Waals surface area contributed by atoms with Crippen LogP contribution in [0, 0.1) is 0 Å². The van der Waals surface area contributed by atoms with Crippen LogP contribution in [0.1, 0.15) is 0 Å². The molecule has 13 aromatic rings. The number of rotatable bonds is 8. The standard InChI is InChI=1S/C72H51NS/c1-74(2)71-45-60(48-12-4-3-5-13-48)38-41-66(71)67-42-40-61(46-72(67)74)73-47-69(58-36-30-52(31-37-58)51-28-34-57(35-29-51)65-21-11-17-55-15-7-9-19-63(55)65)68-44-59(39-43-70(68)73)53-24-22-49(23-25-53)50-26-32-56(33-27-50)64-20-10-16-54-14-6-8-18-62(54)64/h3-47H,1-2H3. The molecule has 0 aliphatic carbocycles. The third-order valence-corrected chi connectivity index (χ3v) is 18.5. The maximum absolute atomic E-state index is 2.47. The molecule has 0 saturated heterocycles. The summed E-state index contributed by atoms with van der Waals surface area (Å²) in [6.45, 7) is 0. The van der Waals surface area contributed by atoms with Crippen molar-refractivity contribution < 1.29 is 0 Å². The van der Waals surface area contributed by atoms with E-state index in [0.29, 0.717) is 0 Å². The number of fused-ring (bicyclic) bond motifs is 6. The maximum atomic E-state index is 2.47. The van der Waals surface area contributed by atoms with Crippen molar-refractivity contribution in [3.63, 3.8) is 0 Å². The second-order valence-corrected chi connectivity index (χ2v) is 23.6. The number of nitrogens with zero attached hydrogens (tertiary/aromatic N) is 1. The van der Waals surface area contributed by atoms with Crippen LogP contribution in [0.15, 0.2) is 283 Å². The van der Waals surface area contributed by atoms with E-state index in [1.807, 2.05) is 0 Å². The zero-order valence-electron chi connectivity index (χ0n) is 41.3. The summed E-state index contributed by atoms with van der Waals surface area (Å²) >= 11 is 0. The Morgan fingerprint density at radius 1 is 0.257 bits per heavy atom. The summed E-state index contributed by atoms with van der Waals surface area (Å²) in [6, 6.07) is 98.7. The molecule has 0 fully saturated rings. The van der Waals surface area contributed by atoms with Gasteiger partial charge < -0.3 is 4.57 Å². The molecule has 1 aromatic heterocycles. The minimum absolute atomic E-state index is 1.18. The van der Waals surface area contributed by atoms with E-state index in [4.69, 9.17) is 0 Å². The summed E-state index contributed by atoms with van der Waals surface area (Å²) in [4.78, 5) is 2.90. The van der Waals surface area contributed by atoms with Gasteiger partial charge in [0, 0.05) is 32.6 Å². The van der Waals surface area contributed by atoms with Gasteiger partial charge in [-0.25, -0.2) is 0 Å². The molecule has 12 aromatic carbocycles. The summed E-state index contributed by atoms with van der Waals surface area (Å²) < 4.78 is 2.42. The molecule has 1 aliphatic rings. The first-order chi connectivity index (χ1) is 36.4. The van der Waals surface area contributed by atoms with Crippen molar-refractivity contribution in [1.82, 2.24) is 4.57 Å². The topological polar surface area (TPSA) is 4.93 Å². The molecule has 0 radical (unpaired) electrons. The lowest BCUT2D eigenvalue weighted by Gasteiger charge is -2.29. The molecule has 0 amide bonds. The van der Waals surface area contributed by atoms with Crippen LogP contribution in [0.5, 0.6) is 0 Å². The monoisotopic (exact) mass is 961 g/mol. The van der Waals surface area contributed by atoms with E-state index in [1.165, 1.54) is 137 Å². The first-order valence-corrected chi connectivity index (χ1v) is 28.0. The Morgan fingerprint density at radius 3 is 1.20 bits per heavy atom. The van der Waals surface area contributed by atoms with Crippen LogP contribution in [-0.2, 0) is 0 Å². The van der Waals surface area contributed by atoms with Crippen molar-refractivity contribution in [2.24, 2.45) is 0 Å². The van der Waals surface area contributed by atoms with E-state index >= 15 is 0 Å². The minimum Gasteiger partial charge on any atom is -0.316 e. The SMILES string of the molecule is CS1(C)c2cc(-c3ccccc3)ccc2-c2ccc(-n3cc(-c4ccc(-c5ccc(-c6cccc7ccccc67)cc5)cc4)c4cc(-c5ccc(-c6ccc(-c7cccc8ccccc78)cc6)cc5)ccc43)cc21. The predicted octanol–water partition coefficient (Wildman–Crippen LogP) is 20.1. The third-order valence-electron chi connectivity index (χ3n) is 15.6. The van der Waals surface area contributed by atoms with Gasteiger partial charge in [0.15, 0.2) is 0 Å². The Bertz CT molecular complexity index is 4270. The summed E-state index contributed by atoms with van der Waals surface area (Å²) in [7, 11) is -1.29. The molecule has 0 bridgehead atoms. The second kappa shape index (κ2) is 17.7. The van der Waals surface area contributed by atoms with Crippen molar-refractivity contribution in [2.45, 2.75) is 9.79 Å². The van der Waals surface area contributed by atoms with E-state index < -0.39 is 10.0 Å². The Hall–Kier alpha value is -8.95. The van der Waals surface area contributed by atoms with Crippen molar-refractivity contribution in [2.75, 3.05) is 12.5 Å². The van der Waals surface area contributed by atoms with Crippen LogP contribution >= 0.6 is 10.0 Å². The molecular formula is C72H51NS. The van der Waals surface area contributed by atoms with Gasteiger partial charge in [-0.05, 0) is 148 Å². The fraction of sp³-hybridized carbons (Fsp3) is 0.0278. The van der Waals surface area contributed by atoms with Crippen LogP contribution in [-0.4, -0.2) is 17.1 Å². The molecule has 14 rings (SSSR count). The average molecular weight is 962 g/mol. The molecule has 74 heavy (non-hydrogen) atoms. The smallest absolute Gasteiger partial charge is 0.0535 e. The first-order valence-electron chi connectivity index (χ1n) is 25.5. The number of benzene rings is 12. The number of aromatic nitrogens is 1. The lowest BCUT2D eigenvalue weighted by molar-refractivity contribution is 1.12. The number of hydrogen-bond acceptors (Lipinski definition) is 0. The van der Waals surface area contributed by atoms with E-state index in [-0.39, 0.29) is 0 Å². The highest BCUT2D eigenvalue weighted by molar-refractivity contribution is 8.33. The molecule has 350 valence electrons. The van der Waals surface area contributed by atoms with E-state index in [2.05, 4.69) is 290 Å². The summed E-state index contributed by atoms with van der Waals surface area (Å²) in [5.74, 6) is 0. The Balaban J connectivity index is 0.819. The molecule has 1 nitrogen and oxygen atoms in total. The average Bonchev–Trinajstić information content (AvgIpc) is 3.96. The summed E-state index contributed by atoms with van der Waals surface area (Å²) in [5, 5.41) is 6.30. The van der Waals surface area contributed by atoms with Crippen LogP contribution < -0.4 is 0 Å². The van der Waals surface area contributed by atoms with Crippen LogP contribution in [0.25, 0.3) is 127 Å².